The molecule has 0 radical (unpaired) electrons. The standard InChI is InChI=1S/C32H30FN3O5S2/c1-3-4-8-17-41-24-16-13-22(18-25(24)40-2)27-26(28(37)21-9-6-5-7-10-21)29(38)30(39)36(27)31-34-35-32(43-31)42-19-20-11-14-23(33)15-12-20/h5-7,9-16,18,27,37H,3-4,8,17,19H2,1-2H3/b28-26-. The molecular formula is C32H30FN3O5S2. The van der Waals surface area contributed by atoms with E-state index in [1.165, 1.54) is 35.9 Å². The summed E-state index contributed by atoms with van der Waals surface area (Å²) in [5.74, 6) is -0.771. The van der Waals surface area contributed by atoms with Crippen molar-refractivity contribution in [2.45, 2.75) is 42.3 Å². The number of methoxy groups -OCH3 is 1. The van der Waals surface area contributed by atoms with E-state index in [-0.39, 0.29) is 22.3 Å². The maximum atomic E-state index is 13.6. The molecule has 0 bridgehead atoms. The molecule has 1 aliphatic rings. The van der Waals surface area contributed by atoms with Crippen molar-refractivity contribution in [3.8, 4) is 11.5 Å². The third-order valence-electron chi connectivity index (χ3n) is 6.88. The molecule has 1 amide bonds. The van der Waals surface area contributed by atoms with Crippen molar-refractivity contribution in [1.29, 1.82) is 0 Å². The van der Waals surface area contributed by atoms with Crippen LogP contribution in [0.1, 0.15) is 48.9 Å². The van der Waals surface area contributed by atoms with Crippen molar-refractivity contribution < 1.29 is 28.6 Å². The van der Waals surface area contributed by atoms with Crippen LogP contribution in [-0.2, 0) is 15.3 Å². The zero-order valence-electron chi connectivity index (χ0n) is 23.7. The molecule has 8 nitrogen and oxygen atoms in total. The Morgan fingerprint density at radius 3 is 2.51 bits per heavy atom. The quantitative estimate of drug-likeness (QED) is 0.0445. The lowest BCUT2D eigenvalue weighted by atomic mass is 9.95. The molecule has 0 spiro atoms. The lowest BCUT2D eigenvalue weighted by Crippen LogP contribution is -2.29. The van der Waals surface area contributed by atoms with Crippen molar-refractivity contribution in [3.63, 3.8) is 0 Å². The van der Waals surface area contributed by atoms with Crippen molar-refractivity contribution in [2.24, 2.45) is 0 Å². The maximum Gasteiger partial charge on any atom is 0.301 e. The number of halogens is 1. The average molecular weight is 620 g/mol. The van der Waals surface area contributed by atoms with Gasteiger partial charge < -0.3 is 14.6 Å². The molecule has 2 heterocycles. The Labute approximate surface area is 257 Å². The number of aliphatic hydroxyl groups excluding tert-OH is 1. The number of hydrogen-bond donors (Lipinski definition) is 1. The molecule has 222 valence electrons. The van der Waals surface area contributed by atoms with Gasteiger partial charge in [-0.15, -0.1) is 10.2 Å². The van der Waals surface area contributed by atoms with Crippen molar-refractivity contribution in [2.75, 3.05) is 18.6 Å². The molecule has 1 aliphatic heterocycles. The maximum absolute atomic E-state index is 13.6. The molecule has 1 atom stereocenters. The number of unbranched alkanes of at least 4 members (excludes halogenated alkanes) is 2. The van der Waals surface area contributed by atoms with E-state index < -0.39 is 17.7 Å². The van der Waals surface area contributed by atoms with E-state index in [0.29, 0.717) is 39.3 Å². The highest BCUT2D eigenvalue weighted by Gasteiger charge is 2.48. The van der Waals surface area contributed by atoms with Crippen LogP contribution in [-0.4, -0.2) is 40.7 Å². The van der Waals surface area contributed by atoms with Gasteiger partial charge in [-0.05, 0) is 41.8 Å². The normalized spacial score (nSPS) is 16.1. The molecule has 0 aliphatic carbocycles. The monoisotopic (exact) mass is 619 g/mol. The van der Waals surface area contributed by atoms with Crippen LogP contribution in [0.3, 0.4) is 0 Å². The first-order chi connectivity index (χ1) is 20.9. The van der Waals surface area contributed by atoms with Gasteiger partial charge in [0.05, 0.1) is 25.3 Å². The smallest absolute Gasteiger partial charge is 0.301 e. The van der Waals surface area contributed by atoms with Crippen LogP contribution in [0.2, 0.25) is 0 Å². The third kappa shape index (κ3) is 6.73. The van der Waals surface area contributed by atoms with Crippen LogP contribution < -0.4 is 14.4 Å². The largest absolute Gasteiger partial charge is 0.507 e. The number of benzene rings is 3. The number of amides is 1. The Kier molecular flexibility index (Phi) is 9.73. The Hall–Kier alpha value is -4.22. The highest BCUT2D eigenvalue weighted by atomic mass is 32.2. The lowest BCUT2D eigenvalue weighted by Gasteiger charge is -2.23. The van der Waals surface area contributed by atoms with E-state index in [9.17, 15) is 19.1 Å². The van der Waals surface area contributed by atoms with Crippen LogP contribution in [0.25, 0.3) is 5.76 Å². The van der Waals surface area contributed by atoms with Crippen LogP contribution in [0.4, 0.5) is 9.52 Å². The SMILES string of the molecule is CCCCCOc1ccc(C2/C(=C(/O)c3ccccc3)C(=O)C(=O)N2c2nnc(SCc3ccc(F)cc3)s2)cc1OC. The fourth-order valence-electron chi connectivity index (χ4n) is 4.69. The number of rotatable bonds is 12. The first kappa shape index (κ1) is 30.2. The fraction of sp³-hybridized carbons (Fsp3) is 0.250. The van der Waals surface area contributed by atoms with Gasteiger partial charge in [-0.3, -0.25) is 14.5 Å². The molecule has 1 saturated heterocycles. The summed E-state index contributed by atoms with van der Waals surface area (Å²) in [6, 6.07) is 19.0. The summed E-state index contributed by atoms with van der Waals surface area (Å²) in [5, 5.41) is 20.0. The number of anilines is 1. The van der Waals surface area contributed by atoms with Crippen molar-refractivity contribution in [3.05, 3.63) is 101 Å². The number of ether oxygens (including phenoxy) is 2. The molecule has 43 heavy (non-hydrogen) atoms. The molecule has 1 aromatic heterocycles. The predicted octanol–water partition coefficient (Wildman–Crippen LogP) is 7.17. The van der Waals surface area contributed by atoms with Crippen molar-refractivity contribution in [1.82, 2.24) is 10.2 Å². The van der Waals surface area contributed by atoms with E-state index in [1.54, 1.807) is 60.7 Å². The van der Waals surface area contributed by atoms with Gasteiger partial charge in [-0.1, -0.05) is 91.4 Å². The number of carbonyl (C=O) groups is 2. The summed E-state index contributed by atoms with van der Waals surface area (Å²) >= 11 is 2.54. The van der Waals surface area contributed by atoms with Gasteiger partial charge in [0.25, 0.3) is 5.78 Å². The topological polar surface area (TPSA) is 102 Å². The highest BCUT2D eigenvalue weighted by molar-refractivity contribution is 8.00. The number of hydrogen-bond acceptors (Lipinski definition) is 9. The van der Waals surface area contributed by atoms with Crippen LogP contribution in [0.15, 0.2) is 82.7 Å². The zero-order valence-corrected chi connectivity index (χ0v) is 25.3. The Morgan fingerprint density at radius 2 is 1.79 bits per heavy atom. The summed E-state index contributed by atoms with van der Waals surface area (Å²) in [7, 11) is 1.52. The van der Waals surface area contributed by atoms with Crippen LogP contribution in [0, 0.1) is 5.82 Å². The second-order valence-electron chi connectivity index (χ2n) is 9.77. The van der Waals surface area contributed by atoms with Gasteiger partial charge in [0.15, 0.2) is 15.8 Å². The summed E-state index contributed by atoms with van der Waals surface area (Å²) < 4.78 is 25.4. The molecule has 1 fully saturated rings. The molecule has 3 aromatic carbocycles. The minimum atomic E-state index is -0.994. The van der Waals surface area contributed by atoms with Gasteiger partial charge >= 0.3 is 5.91 Å². The summed E-state index contributed by atoms with van der Waals surface area (Å²) in [5.41, 5.74) is 1.77. The minimum Gasteiger partial charge on any atom is -0.507 e. The number of nitrogens with zero attached hydrogens (tertiary/aromatic N) is 3. The van der Waals surface area contributed by atoms with Gasteiger partial charge in [-0.2, -0.15) is 0 Å². The third-order valence-corrected chi connectivity index (χ3v) is 9.00. The Bertz CT molecular complexity index is 1630. The van der Waals surface area contributed by atoms with Crippen molar-refractivity contribution >= 4 is 45.7 Å². The van der Waals surface area contributed by atoms with Gasteiger partial charge in [0, 0.05) is 11.3 Å². The first-order valence-electron chi connectivity index (χ1n) is 13.8. The second kappa shape index (κ2) is 13.8. The molecule has 1 unspecified atom stereocenters. The molecule has 0 saturated carbocycles. The van der Waals surface area contributed by atoms with E-state index in [2.05, 4.69) is 17.1 Å². The number of aliphatic hydroxyl groups is 1. The van der Waals surface area contributed by atoms with E-state index in [1.807, 2.05) is 0 Å². The predicted molar refractivity (Wildman–Crippen MR) is 165 cm³/mol. The number of aromatic nitrogens is 2. The first-order valence-corrected chi connectivity index (χ1v) is 15.6. The molecule has 1 N–H and O–H groups in total. The number of Topliss-reactive ketones (excluding diaryl/α,β-unsaturated/α-hetero) is 1. The van der Waals surface area contributed by atoms with Gasteiger partial charge in [0.2, 0.25) is 5.13 Å². The lowest BCUT2D eigenvalue weighted by molar-refractivity contribution is -0.132. The fourth-order valence-corrected chi connectivity index (χ4v) is 6.51. The van der Waals surface area contributed by atoms with Crippen LogP contribution >= 0.6 is 23.1 Å². The second-order valence-corrected chi connectivity index (χ2v) is 11.9. The van der Waals surface area contributed by atoms with Gasteiger partial charge in [-0.25, -0.2) is 4.39 Å². The number of thioether (sulfide) groups is 1. The summed E-state index contributed by atoms with van der Waals surface area (Å²) in [6.07, 6.45) is 3.01. The van der Waals surface area contributed by atoms with Crippen LogP contribution in [0.5, 0.6) is 11.5 Å². The van der Waals surface area contributed by atoms with E-state index >= 15 is 0 Å². The zero-order chi connectivity index (χ0) is 30.3. The minimum absolute atomic E-state index is 0.0643. The summed E-state index contributed by atoms with van der Waals surface area (Å²) in [6.45, 7) is 2.64. The van der Waals surface area contributed by atoms with Gasteiger partial charge in [0.1, 0.15) is 11.6 Å². The molecular weight excluding hydrogens is 590 g/mol. The number of ketones is 1. The van der Waals surface area contributed by atoms with E-state index in [4.69, 9.17) is 9.47 Å². The molecule has 11 heteroatoms. The number of carbonyl (C=O) groups excluding carboxylic acids is 2. The highest BCUT2D eigenvalue weighted by Crippen LogP contribution is 2.45. The average Bonchev–Trinajstić information content (AvgIpc) is 3.60. The summed E-state index contributed by atoms with van der Waals surface area (Å²) in [4.78, 5) is 28.3. The Morgan fingerprint density at radius 1 is 1.02 bits per heavy atom. The Balaban J connectivity index is 1.52. The van der Waals surface area contributed by atoms with E-state index in [0.717, 1.165) is 36.2 Å². The molecule has 5 rings (SSSR count). The molecule has 4 aromatic rings.